The monoisotopic (exact) mass is 365 g/mol. The third-order valence-electron chi connectivity index (χ3n) is 5.32. The van der Waals surface area contributed by atoms with Crippen molar-refractivity contribution in [3.05, 3.63) is 47.7 Å². The molecule has 142 valence electrons. The summed E-state index contributed by atoms with van der Waals surface area (Å²) in [6.07, 6.45) is 4.01. The Morgan fingerprint density at radius 2 is 2.00 bits per heavy atom. The van der Waals surface area contributed by atoms with Crippen molar-refractivity contribution in [1.82, 2.24) is 9.88 Å². The van der Waals surface area contributed by atoms with Gasteiger partial charge in [0.2, 0.25) is 0 Å². The largest absolute Gasteiger partial charge is 0.380 e. The molecule has 27 heavy (non-hydrogen) atoms. The Bertz CT molecular complexity index is 814. The first kappa shape index (κ1) is 17.8. The van der Waals surface area contributed by atoms with Crippen LogP contribution in [0.2, 0.25) is 0 Å². The van der Waals surface area contributed by atoms with Crippen LogP contribution < -0.4 is 15.5 Å². The highest BCUT2D eigenvalue weighted by Crippen LogP contribution is 2.31. The molecular weight excluding hydrogens is 338 g/mol. The van der Waals surface area contributed by atoms with E-state index in [-0.39, 0.29) is 6.17 Å². The molecule has 1 atom stereocenters. The van der Waals surface area contributed by atoms with Gasteiger partial charge >= 0.3 is 0 Å². The summed E-state index contributed by atoms with van der Waals surface area (Å²) in [4.78, 5) is 20.7. The first-order valence-corrected chi connectivity index (χ1v) is 9.70. The van der Waals surface area contributed by atoms with Crippen molar-refractivity contribution in [2.75, 3.05) is 41.7 Å². The maximum atomic E-state index is 11.3. The van der Waals surface area contributed by atoms with Gasteiger partial charge in [-0.3, -0.25) is 9.69 Å². The number of pyridine rings is 1. The molecule has 3 heterocycles. The second-order valence-electron chi connectivity index (χ2n) is 7.56. The lowest BCUT2D eigenvalue weighted by molar-refractivity contribution is 0.112. The Kier molecular flexibility index (Phi) is 4.99. The average Bonchev–Trinajstić information content (AvgIpc) is 3.12. The molecule has 1 aromatic carbocycles. The zero-order valence-electron chi connectivity index (χ0n) is 16.0. The van der Waals surface area contributed by atoms with Crippen molar-refractivity contribution >= 4 is 23.5 Å². The predicted octanol–water partition coefficient (Wildman–Crippen LogP) is 2.83. The number of carbonyl (C=O) groups is 1. The summed E-state index contributed by atoms with van der Waals surface area (Å²) >= 11 is 0. The molecule has 2 aromatic rings. The lowest BCUT2D eigenvalue weighted by atomic mass is 10.1. The van der Waals surface area contributed by atoms with Crippen molar-refractivity contribution in [1.29, 1.82) is 0 Å². The molecule has 1 aromatic heterocycles. The Balaban J connectivity index is 1.41. The van der Waals surface area contributed by atoms with Crippen molar-refractivity contribution < 1.29 is 4.79 Å². The van der Waals surface area contributed by atoms with E-state index in [2.05, 4.69) is 51.4 Å². The first-order valence-electron chi connectivity index (χ1n) is 9.70. The van der Waals surface area contributed by atoms with E-state index in [9.17, 15) is 4.79 Å². The molecule has 6 heteroatoms. The van der Waals surface area contributed by atoms with Crippen LogP contribution in [0.1, 0.15) is 29.8 Å². The number of aldehydes is 1. The molecular formula is C21H27N5O. The molecule has 0 saturated carbocycles. The SMILES string of the molecule is CC(C)Nc1cccnc1N1CCN(C2Cc3cccc(C=O)c3N2)CC1. The Morgan fingerprint density at radius 3 is 2.74 bits per heavy atom. The van der Waals surface area contributed by atoms with Crippen molar-refractivity contribution in [3.63, 3.8) is 0 Å². The van der Waals surface area contributed by atoms with Crippen molar-refractivity contribution in [2.24, 2.45) is 0 Å². The second kappa shape index (κ2) is 7.56. The Morgan fingerprint density at radius 1 is 1.19 bits per heavy atom. The highest BCUT2D eigenvalue weighted by atomic mass is 16.1. The van der Waals surface area contributed by atoms with Crippen LogP contribution in [-0.2, 0) is 6.42 Å². The zero-order valence-corrected chi connectivity index (χ0v) is 16.0. The molecule has 2 N–H and O–H groups in total. The third-order valence-corrected chi connectivity index (χ3v) is 5.32. The lowest BCUT2D eigenvalue weighted by Gasteiger charge is -2.39. The molecule has 6 nitrogen and oxygen atoms in total. The number of anilines is 3. The van der Waals surface area contributed by atoms with Crippen LogP contribution >= 0.6 is 0 Å². The van der Waals surface area contributed by atoms with Gasteiger partial charge < -0.3 is 15.5 Å². The normalized spacial score (nSPS) is 19.7. The number of benzene rings is 1. The molecule has 0 amide bonds. The molecule has 0 radical (unpaired) electrons. The molecule has 2 aliphatic heterocycles. The van der Waals surface area contributed by atoms with Crippen molar-refractivity contribution in [2.45, 2.75) is 32.5 Å². The molecule has 0 aliphatic carbocycles. The summed E-state index contributed by atoms with van der Waals surface area (Å²) in [6, 6.07) is 10.4. The smallest absolute Gasteiger partial charge is 0.152 e. The van der Waals surface area contributed by atoms with Gasteiger partial charge in [-0.15, -0.1) is 0 Å². The second-order valence-corrected chi connectivity index (χ2v) is 7.56. The van der Waals surface area contributed by atoms with E-state index in [4.69, 9.17) is 0 Å². The van der Waals surface area contributed by atoms with Gasteiger partial charge in [0.25, 0.3) is 0 Å². The summed E-state index contributed by atoms with van der Waals surface area (Å²) in [5.74, 6) is 1.04. The van der Waals surface area contributed by atoms with E-state index in [1.165, 1.54) is 5.56 Å². The minimum absolute atomic E-state index is 0.264. The fraction of sp³-hybridized carbons (Fsp3) is 0.429. The van der Waals surface area contributed by atoms with E-state index < -0.39 is 0 Å². The topological polar surface area (TPSA) is 60.5 Å². The molecule has 4 rings (SSSR count). The standard InChI is InChI=1S/C21H27N5O/c1-15(2)23-18-7-4-8-22-21(18)26-11-9-25(10-12-26)19-13-16-5-3-6-17(14-27)20(16)24-19/h3-8,14-15,19,23-24H,9-13H2,1-2H3. The highest BCUT2D eigenvalue weighted by molar-refractivity contribution is 5.86. The van der Waals surface area contributed by atoms with E-state index in [1.54, 1.807) is 0 Å². The number of para-hydroxylation sites is 1. The van der Waals surface area contributed by atoms with E-state index in [1.807, 2.05) is 24.4 Å². The third kappa shape index (κ3) is 3.62. The number of rotatable bonds is 5. The molecule has 1 unspecified atom stereocenters. The summed E-state index contributed by atoms with van der Waals surface area (Å²) < 4.78 is 0. The minimum atomic E-state index is 0.264. The number of nitrogens with one attached hydrogen (secondary N) is 2. The number of aromatic nitrogens is 1. The van der Waals surface area contributed by atoms with Gasteiger partial charge in [0.15, 0.2) is 12.1 Å². The summed E-state index contributed by atoms with van der Waals surface area (Å²) in [6.45, 7) is 8.12. The van der Waals surface area contributed by atoms with Gasteiger partial charge in [0.1, 0.15) is 0 Å². The van der Waals surface area contributed by atoms with E-state index in [0.717, 1.165) is 61.6 Å². The summed E-state index contributed by atoms with van der Waals surface area (Å²) in [5.41, 5.74) is 4.10. The maximum Gasteiger partial charge on any atom is 0.152 e. The van der Waals surface area contributed by atoms with E-state index in [0.29, 0.717) is 6.04 Å². The molecule has 0 spiro atoms. The van der Waals surface area contributed by atoms with Crippen LogP contribution in [-0.4, -0.2) is 54.6 Å². The van der Waals surface area contributed by atoms with Crippen LogP contribution in [0.3, 0.4) is 0 Å². The molecule has 1 fully saturated rings. The Hall–Kier alpha value is -2.60. The Labute approximate surface area is 160 Å². The van der Waals surface area contributed by atoms with E-state index >= 15 is 0 Å². The molecule has 2 aliphatic rings. The first-order chi connectivity index (χ1) is 13.2. The van der Waals surface area contributed by atoms with Gasteiger partial charge in [-0.05, 0) is 37.6 Å². The molecule has 1 saturated heterocycles. The number of hydrogen-bond donors (Lipinski definition) is 2. The van der Waals surface area contributed by atoms with Crippen LogP contribution in [0.5, 0.6) is 0 Å². The van der Waals surface area contributed by atoms with Crippen LogP contribution in [0.25, 0.3) is 0 Å². The predicted molar refractivity (Wildman–Crippen MR) is 110 cm³/mol. The van der Waals surface area contributed by atoms with Gasteiger partial charge in [0, 0.05) is 56.1 Å². The van der Waals surface area contributed by atoms with Crippen molar-refractivity contribution in [3.8, 4) is 0 Å². The summed E-state index contributed by atoms with van der Waals surface area (Å²) in [5, 5.41) is 7.06. The van der Waals surface area contributed by atoms with Gasteiger partial charge in [-0.1, -0.05) is 12.1 Å². The van der Waals surface area contributed by atoms with Crippen LogP contribution in [0, 0.1) is 0 Å². The van der Waals surface area contributed by atoms with Gasteiger partial charge in [0.05, 0.1) is 11.9 Å². The lowest BCUT2D eigenvalue weighted by Crippen LogP contribution is -2.52. The minimum Gasteiger partial charge on any atom is -0.380 e. The number of carbonyl (C=O) groups excluding carboxylic acids is 1. The van der Waals surface area contributed by atoms with Crippen LogP contribution in [0.4, 0.5) is 17.2 Å². The van der Waals surface area contributed by atoms with Crippen LogP contribution in [0.15, 0.2) is 36.5 Å². The summed E-state index contributed by atoms with van der Waals surface area (Å²) in [7, 11) is 0. The number of fused-ring (bicyclic) bond motifs is 1. The van der Waals surface area contributed by atoms with Gasteiger partial charge in [-0.25, -0.2) is 4.98 Å². The number of hydrogen-bond acceptors (Lipinski definition) is 6. The highest BCUT2D eigenvalue weighted by Gasteiger charge is 2.30. The number of piperazine rings is 1. The molecule has 0 bridgehead atoms. The fourth-order valence-electron chi connectivity index (χ4n) is 4.03. The fourth-order valence-corrected chi connectivity index (χ4v) is 4.03. The maximum absolute atomic E-state index is 11.3. The quantitative estimate of drug-likeness (QED) is 0.795. The van der Waals surface area contributed by atoms with Gasteiger partial charge in [-0.2, -0.15) is 0 Å². The number of nitrogens with zero attached hydrogens (tertiary/aromatic N) is 3. The average molecular weight is 365 g/mol. The zero-order chi connectivity index (χ0) is 18.8.